The molecule has 2 saturated carbocycles. The predicted octanol–water partition coefficient (Wildman–Crippen LogP) is 3.31. The molecule has 2 N–H and O–H groups in total. The fourth-order valence-corrected chi connectivity index (χ4v) is 3.75. The van der Waals surface area contributed by atoms with Gasteiger partial charge in [-0.25, -0.2) is 0 Å². The van der Waals surface area contributed by atoms with E-state index in [1.54, 1.807) is 6.26 Å². The van der Waals surface area contributed by atoms with Crippen LogP contribution in [0, 0.1) is 11.8 Å². The maximum Gasteiger partial charge on any atom is 0.278 e. The third-order valence-corrected chi connectivity index (χ3v) is 5.32. The van der Waals surface area contributed by atoms with Crippen molar-refractivity contribution < 1.29 is 9.59 Å². The van der Waals surface area contributed by atoms with Crippen molar-refractivity contribution in [3.63, 3.8) is 0 Å². The standard InChI is InChI=1S/C16H28N2O2S/c1-11(15(19)17-13-6-4-3-5-7-13)8-12-9-14(10-12)18-16(20)21-2/h11-14H,3-10H2,1-2H3,(H,17,19)(H,18,20). The Balaban J connectivity index is 1.62. The van der Waals surface area contributed by atoms with Gasteiger partial charge in [-0.15, -0.1) is 0 Å². The minimum atomic E-state index is 0.0570. The van der Waals surface area contributed by atoms with Crippen molar-refractivity contribution >= 4 is 22.9 Å². The van der Waals surface area contributed by atoms with Crippen LogP contribution in [0.4, 0.5) is 4.79 Å². The summed E-state index contributed by atoms with van der Waals surface area (Å²) >= 11 is 1.23. The fraction of sp³-hybridized carbons (Fsp3) is 0.875. The number of amides is 2. The van der Waals surface area contributed by atoms with Crippen LogP contribution in [0.3, 0.4) is 0 Å². The molecule has 0 aromatic rings. The van der Waals surface area contributed by atoms with Crippen molar-refractivity contribution in [3.05, 3.63) is 0 Å². The van der Waals surface area contributed by atoms with Gasteiger partial charge in [0.25, 0.3) is 5.24 Å². The quantitative estimate of drug-likeness (QED) is 0.819. The van der Waals surface area contributed by atoms with E-state index in [2.05, 4.69) is 10.6 Å². The normalized spacial score (nSPS) is 27.5. The van der Waals surface area contributed by atoms with E-state index in [4.69, 9.17) is 0 Å². The van der Waals surface area contributed by atoms with Gasteiger partial charge in [-0.05, 0) is 44.3 Å². The largest absolute Gasteiger partial charge is 0.353 e. The molecular weight excluding hydrogens is 284 g/mol. The Morgan fingerprint density at radius 1 is 1.10 bits per heavy atom. The maximum atomic E-state index is 12.2. The average Bonchev–Trinajstić information content (AvgIpc) is 2.45. The number of hydrogen-bond acceptors (Lipinski definition) is 3. The Bertz CT molecular complexity index is 363. The second kappa shape index (κ2) is 8.06. The maximum absolute atomic E-state index is 12.2. The van der Waals surface area contributed by atoms with Gasteiger partial charge >= 0.3 is 0 Å². The number of nitrogens with one attached hydrogen (secondary N) is 2. The van der Waals surface area contributed by atoms with Gasteiger partial charge < -0.3 is 10.6 Å². The van der Waals surface area contributed by atoms with E-state index in [9.17, 15) is 9.59 Å². The smallest absolute Gasteiger partial charge is 0.278 e. The Labute approximate surface area is 132 Å². The zero-order valence-corrected chi connectivity index (χ0v) is 14.0. The van der Waals surface area contributed by atoms with Crippen LogP contribution in [0.15, 0.2) is 0 Å². The van der Waals surface area contributed by atoms with Crippen LogP contribution in [0.5, 0.6) is 0 Å². The molecule has 0 saturated heterocycles. The molecule has 1 atom stereocenters. The lowest BCUT2D eigenvalue weighted by molar-refractivity contribution is -0.126. The topological polar surface area (TPSA) is 58.2 Å². The van der Waals surface area contributed by atoms with Gasteiger partial charge in [-0.2, -0.15) is 0 Å². The van der Waals surface area contributed by atoms with Crippen LogP contribution in [0.1, 0.15) is 58.3 Å². The molecule has 2 rings (SSSR count). The lowest BCUT2D eigenvalue weighted by Crippen LogP contribution is -2.45. The molecule has 4 nitrogen and oxygen atoms in total. The first-order valence-electron chi connectivity index (χ1n) is 8.23. The van der Waals surface area contributed by atoms with Crippen molar-refractivity contribution in [2.75, 3.05) is 6.26 Å². The van der Waals surface area contributed by atoms with Gasteiger partial charge in [-0.1, -0.05) is 37.9 Å². The van der Waals surface area contributed by atoms with E-state index in [1.807, 2.05) is 6.92 Å². The number of hydrogen-bond donors (Lipinski definition) is 2. The van der Waals surface area contributed by atoms with Crippen LogP contribution in [0.25, 0.3) is 0 Å². The second-order valence-electron chi connectivity index (χ2n) is 6.65. The fourth-order valence-electron chi connectivity index (χ4n) is 3.47. The molecule has 0 heterocycles. The van der Waals surface area contributed by atoms with E-state index < -0.39 is 0 Å². The third-order valence-electron chi connectivity index (χ3n) is 4.83. The van der Waals surface area contributed by atoms with E-state index in [-0.39, 0.29) is 17.1 Å². The summed E-state index contributed by atoms with van der Waals surface area (Å²) < 4.78 is 0. The van der Waals surface area contributed by atoms with Gasteiger partial charge in [0.05, 0.1) is 0 Å². The Kier molecular flexibility index (Phi) is 6.40. The molecule has 5 heteroatoms. The highest BCUT2D eigenvalue weighted by molar-refractivity contribution is 8.12. The molecule has 2 fully saturated rings. The molecule has 0 spiro atoms. The number of carbonyl (C=O) groups excluding carboxylic acids is 2. The van der Waals surface area contributed by atoms with Crippen molar-refractivity contribution in [2.24, 2.45) is 11.8 Å². The molecule has 0 bridgehead atoms. The van der Waals surface area contributed by atoms with E-state index in [0.717, 1.165) is 32.1 Å². The zero-order valence-electron chi connectivity index (χ0n) is 13.2. The summed E-state index contributed by atoms with van der Waals surface area (Å²) in [7, 11) is 0. The molecule has 2 aliphatic carbocycles. The van der Waals surface area contributed by atoms with Crippen molar-refractivity contribution in [3.8, 4) is 0 Å². The van der Waals surface area contributed by atoms with E-state index >= 15 is 0 Å². The summed E-state index contributed by atoms with van der Waals surface area (Å²) in [4.78, 5) is 23.5. The number of rotatable bonds is 5. The first-order valence-corrected chi connectivity index (χ1v) is 9.45. The molecule has 2 amide bonds. The summed E-state index contributed by atoms with van der Waals surface area (Å²) in [5, 5.41) is 6.26. The van der Waals surface area contributed by atoms with Crippen LogP contribution < -0.4 is 10.6 Å². The first kappa shape index (κ1) is 16.7. The summed E-state index contributed by atoms with van der Waals surface area (Å²) in [5.74, 6) is 0.900. The molecule has 2 aliphatic rings. The molecule has 0 aromatic heterocycles. The predicted molar refractivity (Wildman–Crippen MR) is 87.4 cm³/mol. The Morgan fingerprint density at radius 3 is 2.38 bits per heavy atom. The number of carbonyl (C=O) groups is 2. The van der Waals surface area contributed by atoms with Crippen LogP contribution in [0.2, 0.25) is 0 Å². The van der Waals surface area contributed by atoms with Gasteiger partial charge in [0.2, 0.25) is 5.91 Å². The van der Waals surface area contributed by atoms with E-state index in [1.165, 1.54) is 31.0 Å². The average molecular weight is 312 g/mol. The molecule has 120 valence electrons. The second-order valence-corrected chi connectivity index (χ2v) is 7.43. The summed E-state index contributed by atoms with van der Waals surface area (Å²) in [5.41, 5.74) is 0. The lowest BCUT2D eigenvalue weighted by atomic mass is 9.75. The van der Waals surface area contributed by atoms with Crippen molar-refractivity contribution in [1.29, 1.82) is 0 Å². The van der Waals surface area contributed by atoms with Crippen molar-refractivity contribution in [2.45, 2.75) is 70.4 Å². The van der Waals surface area contributed by atoms with Crippen LogP contribution >= 0.6 is 11.8 Å². The minimum absolute atomic E-state index is 0.0570. The van der Waals surface area contributed by atoms with Gasteiger partial charge in [0.1, 0.15) is 0 Å². The SMILES string of the molecule is CSC(=O)NC1CC(CC(C)C(=O)NC2CCCCC2)C1. The van der Waals surface area contributed by atoms with Crippen LogP contribution in [-0.2, 0) is 4.79 Å². The van der Waals surface area contributed by atoms with Crippen LogP contribution in [-0.4, -0.2) is 29.5 Å². The van der Waals surface area contributed by atoms with Crippen molar-refractivity contribution in [1.82, 2.24) is 10.6 Å². The van der Waals surface area contributed by atoms with E-state index in [0.29, 0.717) is 18.0 Å². The first-order chi connectivity index (χ1) is 10.1. The molecule has 0 radical (unpaired) electrons. The molecule has 1 unspecified atom stereocenters. The zero-order chi connectivity index (χ0) is 15.2. The summed E-state index contributed by atoms with van der Waals surface area (Å²) in [6, 6.07) is 0.729. The summed E-state index contributed by atoms with van der Waals surface area (Å²) in [6.45, 7) is 2.03. The molecule has 21 heavy (non-hydrogen) atoms. The lowest BCUT2D eigenvalue weighted by Gasteiger charge is -2.37. The van der Waals surface area contributed by atoms with Gasteiger partial charge in [0, 0.05) is 18.0 Å². The highest BCUT2D eigenvalue weighted by atomic mass is 32.2. The number of thioether (sulfide) groups is 1. The highest BCUT2D eigenvalue weighted by Gasteiger charge is 2.32. The molecule has 0 aliphatic heterocycles. The summed E-state index contributed by atoms with van der Waals surface area (Å²) in [6.07, 6.45) is 10.9. The molecule has 0 aromatic carbocycles. The molecular formula is C16H28N2O2S. The Morgan fingerprint density at radius 2 is 1.76 bits per heavy atom. The minimum Gasteiger partial charge on any atom is -0.353 e. The third kappa shape index (κ3) is 5.20. The monoisotopic (exact) mass is 312 g/mol. The van der Waals surface area contributed by atoms with Gasteiger partial charge in [-0.3, -0.25) is 9.59 Å². The highest BCUT2D eigenvalue weighted by Crippen LogP contribution is 2.33. The van der Waals surface area contributed by atoms with Gasteiger partial charge in [0.15, 0.2) is 0 Å². The Hall–Kier alpha value is -0.710.